The van der Waals surface area contributed by atoms with Gasteiger partial charge in [0.15, 0.2) is 0 Å². The maximum Gasteiger partial charge on any atom is 0.416 e. The van der Waals surface area contributed by atoms with Gasteiger partial charge in [-0.3, -0.25) is 0 Å². The lowest BCUT2D eigenvalue weighted by molar-refractivity contribution is -0.137. The summed E-state index contributed by atoms with van der Waals surface area (Å²) in [6.07, 6.45) is -4.38. The summed E-state index contributed by atoms with van der Waals surface area (Å²) in [4.78, 5) is 0. The topological polar surface area (TPSA) is 35.2 Å². The molecule has 0 bridgehead atoms. The van der Waals surface area contributed by atoms with Crippen molar-refractivity contribution in [2.45, 2.75) is 6.18 Å². The molecule has 0 amide bonds. The Morgan fingerprint density at radius 1 is 1.00 bits per heavy atom. The Balaban J connectivity index is 2.50. The van der Waals surface area contributed by atoms with Crippen LogP contribution in [-0.2, 0) is 6.18 Å². The van der Waals surface area contributed by atoms with Crippen LogP contribution in [0.2, 0.25) is 0 Å². The number of methoxy groups -OCH3 is 1. The van der Waals surface area contributed by atoms with Gasteiger partial charge in [0.2, 0.25) is 0 Å². The van der Waals surface area contributed by atoms with Gasteiger partial charge in [-0.15, -0.1) is 0 Å². The number of nitrogens with two attached hydrogens (primary N) is 1. The Morgan fingerprint density at radius 3 is 2.16 bits per heavy atom. The second kappa shape index (κ2) is 4.84. The van der Waals surface area contributed by atoms with E-state index in [4.69, 9.17) is 10.5 Å². The summed E-state index contributed by atoms with van der Waals surface area (Å²) in [7, 11) is 1.34. The number of benzene rings is 2. The van der Waals surface area contributed by atoms with Crippen LogP contribution in [-0.4, -0.2) is 7.11 Å². The Hall–Kier alpha value is -2.17. The zero-order valence-electron chi connectivity index (χ0n) is 10.2. The molecule has 0 fully saturated rings. The van der Waals surface area contributed by atoms with Crippen LogP contribution >= 0.6 is 0 Å². The van der Waals surface area contributed by atoms with E-state index >= 15 is 0 Å². The minimum absolute atomic E-state index is 0.180. The largest absolute Gasteiger partial charge is 0.496 e. The van der Waals surface area contributed by atoms with E-state index in [0.29, 0.717) is 11.3 Å². The second-order valence-electron chi connectivity index (χ2n) is 4.03. The minimum Gasteiger partial charge on any atom is -0.496 e. The highest BCUT2D eigenvalue weighted by atomic mass is 19.4. The Labute approximate surface area is 108 Å². The molecule has 2 N–H and O–H groups in total. The fraction of sp³-hybridized carbons (Fsp3) is 0.143. The van der Waals surface area contributed by atoms with Crippen molar-refractivity contribution in [3.8, 4) is 16.9 Å². The second-order valence-corrected chi connectivity index (χ2v) is 4.03. The highest BCUT2D eigenvalue weighted by molar-refractivity contribution is 5.72. The smallest absolute Gasteiger partial charge is 0.416 e. The summed E-state index contributed by atoms with van der Waals surface area (Å²) in [6.45, 7) is 0. The van der Waals surface area contributed by atoms with E-state index in [2.05, 4.69) is 0 Å². The number of rotatable bonds is 2. The van der Waals surface area contributed by atoms with E-state index in [1.165, 1.54) is 13.2 Å². The molecular formula is C14H12F3NO. The van der Waals surface area contributed by atoms with E-state index < -0.39 is 11.7 Å². The average molecular weight is 267 g/mol. The van der Waals surface area contributed by atoms with Gasteiger partial charge in [0.1, 0.15) is 5.75 Å². The lowest BCUT2D eigenvalue weighted by atomic mass is 10.0. The molecule has 0 spiro atoms. The van der Waals surface area contributed by atoms with Gasteiger partial charge in [-0.25, -0.2) is 0 Å². The highest BCUT2D eigenvalue weighted by Gasteiger charge is 2.31. The summed E-state index contributed by atoms with van der Waals surface area (Å²) in [6, 6.07) is 10.3. The molecule has 100 valence electrons. The number of anilines is 1. The molecule has 2 nitrogen and oxygen atoms in total. The molecule has 2 aromatic carbocycles. The predicted octanol–water partition coefficient (Wildman–Crippen LogP) is 3.96. The number of halogens is 3. The van der Waals surface area contributed by atoms with Crippen LogP contribution < -0.4 is 10.5 Å². The lowest BCUT2D eigenvalue weighted by Gasteiger charge is -2.13. The SMILES string of the molecule is COc1cc(C(F)(F)F)ccc1-c1ccc(N)cc1. The van der Waals surface area contributed by atoms with Gasteiger partial charge in [0, 0.05) is 11.3 Å². The van der Waals surface area contributed by atoms with Crippen molar-refractivity contribution in [1.29, 1.82) is 0 Å². The molecule has 0 aromatic heterocycles. The van der Waals surface area contributed by atoms with E-state index in [0.717, 1.165) is 17.7 Å². The first-order valence-electron chi connectivity index (χ1n) is 5.53. The third-order valence-electron chi connectivity index (χ3n) is 2.75. The van der Waals surface area contributed by atoms with Crippen molar-refractivity contribution in [2.75, 3.05) is 12.8 Å². The van der Waals surface area contributed by atoms with E-state index in [1.807, 2.05) is 0 Å². The molecule has 0 atom stereocenters. The normalized spacial score (nSPS) is 11.4. The Bertz CT molecular complexity index is 576. The summed E-state index contributed by atoms with van der Waals surface area (Å²) >= 11 is 0. The van der Waals surface area contributed by atoms with Crippen molar-refractivity contribution in [2.24, 2.45) is 0 Å². The fourth-order valence-corrected chi connectivity index (χ4v) is 1.77. The van der Waals surface area contributed by atoms with Gasteiger partial charge < -0.3 is 10.5 Å². The number of hydrogen-bond donors (Lipinski definition) is 1. The molecule has 5 heteroatoms. The van der Waals surface area contributed by atoms with Gasteiger partial charge in [0.25, 0.3) is 0 Å². The number of alkyl halides is 3. The summed E-state index contributed by atoms with van der Waals surface area (Å²) < 4.78 is 42.9. The number of nitrogen functional groups attached to an aromatic ring is 1. The molecule has 0 saturated carbocycles. The van der Waals surface area contributed by atoms with Crippen LogP contribution in [0.1, 0.15) is 5.56 Å². The van der Waals surface area contributed by atoms with Crippen LogP contribution in [0.15, 0.2) is 42.5 Å². The first kappa shape index (κ1) is 13.3. The first-order valence-corrected chi connectivity index (χ1v) is 5.53. The molecule has 0 aliphatic rings. The Morgan fingerprint density at radius 2 is 1.63 bits per heavy atom. The third kappa shape index (κ3) is 2.81. The molecule has 0 unspecified atom stereocenters. The fourth-order valence-electron chi connectivity index (χ4n) is 1.77. The molecule has 0 radical (unpaired) electrons. The average Bonchev–Trinajstić information content (AvgIpc) is 2.38. The van der Waals surface area contributed by atoms with Gasteiger partial charge in [0.05, 0.1) is 12.7 Å². The Kier molecular flexibility index (Phi) is 3.38. The number of hydrogen-bond acceptors (Lipinski definition) is 2. The van der Waals surface area contributed by atoms with Crippen molar-refractivity contribution < 1.29 is 17.9 Å². The first-order chi connectivity index (χ1) is 8.91. The zero-order valence-corrected chi connectivity index (χ0v) is 10.2. The zero-order chi connectivity index (χ0) is 14.0. The molecule has 19 heavy (non-hydrogen) atoms. The molecule has 0 aliphatic carbocycles. The lowest BCUT2D eigenvalue weighted by Crippen LogP contribution is -2.05. The molecule has 2 aromatic rings. The van der Waals surface area contributed by atoms with Crippen molar-refractivity contribution in [1.82, 2.24) is 0 Å². The third-order valence-corrected chi connectivity index (χ3v) is 2.75. The molecule has 0 aliphatic heterocycles. The summed E-state index contributed by atoms with van der Waals surface area (Å²) in [5.74, 6) is 0.180. The molecular weight excluding hydrogens is 255 g/mol. The van der Waals surface area contributed by atoms with Crippen LogP contribution in [0, 0.1) is 0 Å². The minimum atomic E-state index is -4.38. The van der Waals surface area contributed by atoms with Crippen LogP contribution in [0.3, 0.4) is 0 Å². The van der Waals surface area contributed by atoms with E-state index in [1.54, 1.807) is 24.3 Å². The van der Waals surface area contributed by atoms with Gasteiger partial charge >= 0.3 is 6.18 Å². The molecule has 0 saturated heterocycles. The standard InChI is InChI=1S/C14H12F3NO/c1-19-13-8-10(14(15,16)17)4-7-12(13)9-2-5-11(18)6-3-9/h2-8H,18H2,1H3. The van der Waals surface area contributed by atoms with Crippen LogP contribution in [0.5, 0.6) is 5.75 Å². The van der Waals surface area contributed by atoms with Gasteiger partial charge in [-0.05, 0) is 29.8 Å². The monoisotopic (exact) mass is 267 g/mol. The maximum atomic E-state index is 12.6. The van der Waals surface area contributed by atoms with E-state index in [9.17, 15) is 13.2 Å². The molecule has 0 heterocycles. The van der Waals surface area contributed by atoms with Crippen LogP contribution in [0.4, 0.5) is 18.9 Å². The van der Waals surface area contributed by atoms with E-state index in [-0.39, 0.29) is 5.75 Å². The van der Waals surface area contributed by atoms with Crippen LogP contribution in [0.25, 0.3) is 11.1 Å². The maximum absolute atomic E-state index is 12.6. The van der Waals surface area contributed by atoms with Gasteiger partial charge in [-0.1, -0.05) is 18.2 Å². The summed E-state index contributed by atoms with van der Waals surface area (Å²) in [5, 5.41) is 0. The molecule has 2 rings (SSSR count). The highest BCUT2D eigenvalue weighted by Crippen LogP contribution is 2.37. The van der Waals surface area contributed by atoms with Crippen molar-refractivity contribution >= 4 is 5.69 Å². The summed E-state index contributed by atoms with van der Waals surface area (Å²) in [5.41, 5.74) is 6.78. The predicted molar refractivity (Wildman–Crippen MR) is 67.8 cm³/mol. The van der Waals surface area contributed by atoms with Crippen molar-refractivity contribution in [3.05, 3.63) is 48.0 Å². The van der Waals surface area contributed by atoms with Gasteiger partial charge in [-0.2, -0.15) is 13.2 Å². The number of ether oxygens (including phenoxy) is 1. The quantitative estimate of drug-likeness (QED) is 0.836. The van der Waals surface area contributed by atoms with Crippen molar-refractivity contribution in [3.63, 3.8) is 0 Å².